The van der Waals surface area contributed by atoms with Crippen LogP contribution < -0.4 is 0 Å². The molecule has 2 aromatic heterocycles. The van der Waals surface area contributed by atoms with Gasteiger partial charge in [-0.1, -0.05) is 11.6 Å². The zero-order valence-electron chi connectivity index (χ0n) is 4.65. The van der Waals surface area contributed by atoms with Crippen LogP contribution in [-0.2, 0) is 0 Å². The van der Waals surface area contributed by atoms with Gasteiger partial charge in [0.2, 0.25) is 11.3 Å². The van der Waals surface area contributed by atoms with E-state index in [4.69, 9.17) is 11.6 Å². The Morgan fingerprint density at radius 1 is 1.30 bits per heavy atom. The molecule has 0 atom stereocenters. The Bertz CT molecular complexity index is 359. The molecule has 2 rings (SSSR count). The molecule has 0 saturated heterocycles. The van der Waals surface area contributed by atoms with E-state index >= 15 is 0 Å². The minimum atomic E-state index is 0.281. The van der Waals surface area contributed by atoms with Crippen molar-refractivity contribution in [3.63, 3.8) is 0 Å². The molecule has 0 radical (unpaired) electrons. The van der Waals surface area contributed by atoms with Gasteiger partial charge in [-0.05, 0) is 10.3 Å². The number of aromatic nitrogens is 4. The zero-order valence-corrected chi connectivity index (χ0v) is 5.41. The van der Waals surface area contributed by atoms with Crippen LogP contribution in [0.3, 0.4) is 0 Å². The van der Waals surface area contributed by atoms with Crippen LogP contribution in [0, 0.1) is 0 Å². The molecule has 0 fully saturated rings. The highest BCUT2D eigenvalue weighted by Crippen LogP contribution is 2.06. The van der Waals surface area contributed by atoms with Gasteiger partial charge in [-0.2, -0.15) is 0 Å². The third kappa shape index (κ3) is 0.714. The summed E-state index contributed by atoms with van der Waals surface area (Å²) in [5.41, 5.74) is 0.692. The monoisotopic (exact) mass is 156 g/mol. The second kappa shape index (κ2) is 1.88. The van der Waals surface area contributed by atoms with E-state index in [1.54, 1.807) is 0 Å². The van der Waals surface area contributed by atoms with Crippen LogP contribution in [0.25, 0.3) is 11.3 Å². The van der Waals surface area contributed by atoms with E-state index in [2.05, 4.69) is 24.9 Å². The SMILES string of the molecule is Clc1cnc2nonc2n1. The molecule has 0 unspecified atom stereocenters. The van der Waals surface area contributed by atoms with Crippen LogP contribution in [0.2, 0.25) is 5.15 Å². The molecule has 0 aliphatic heterocycles. The van der Waals surface area contributed by atoms with Crippen molar-refractivity contribution < 1.29 is 4.63 Å². The van der Waals surface area contributed by atoms with Crippen molar-refractivity contribution in [1.82, 2.24) is 20.3 Å². The summed E-state index contributed by atoms with van der Waals surface area (Å²) in [6.45, 7) is 0. The van der Waals surface area contributed by atoms with E-state index in [1.165, 1.54) is 6.20 Å². The maximum absolute atomic E-state index is 5.49. The van der Waals surface area contributed by atoms with Crippen molar-refractivity contribution >= 4 is 22.9 Å². The molecule has 6 heteroatoms. The third-order valence-corrected chi connectivity index (χ3v) is 1.14. The van der Waals surface area contributed by atoms with E-state index in [1.807, 2.05) is 0 Å². The summed E-state index contributed by atoms with van der Waals surface area (Å²) in [6.07, 6.45) is 1.38. The molecule has 2 aromatic rings. The van der Waals surface area contributed by atoms with Crippen LogP contribution in [-0.4, -0.2) is 20.3 Å². The van der Waals surface area contributed by atoms with Gasteiger partial charge in [-0.15, -0.1) is 0 Å². The highest BCUT2D eigenvalue weighted by Gasteiger charge is 2.01. The predicted octanol–water partition coefficient (Wildman–Crippen LogP) is 0.666. The van der Waals surface area contributed by atoms with Crippen molar-refractivity contribution in [3.8, 4) is 0 Å². The quantitative estimate of drug-likeness (QED) is 0.561. The van der Waals surface area contributed by atoms with E-state index in [0.29, 0.717) is 11.3 Å². The maximum Gasteiger partial charge on any atom is 0.244 e. The molecule has 10 heavy (non-hydrogen) atoms. The van der Waals surface area contributed by atoms with Gasteiger partial charge in [-0.25, -0.2) is 14.6 Å². The van der Waals surface area contributed by atoms with E-state index in [0.717, 1.165) is 0 Å². The summed E-state index contributed by atoms with van der Waals surface area (Å²) in [5, 5.41) is 7.16. The van der Waals surface area contributed by atoms with Crippen molar-refractivity contribution in [1.29, 1.82) is 0 Å². The average Bonchev–Trinajstić information content (AvgIpc) is 2.33. The first-order valence-electron chi connectivity index (χ1n) is 2.47. The molecule has 0 saturated carbocycles. The standard InChI is InChI=1S/C4HClN4O/c5-2-1-6-3-4(7-2)9-10-8-3/h1H. The number of fused-ring (bicyclic) bond motifs is 1. The Hall–Kier alpha value is -1.23. The van der Waals surface area contributed by atoms with Gasteiger partial charge >= 0.3 is 0 Å². The second-order valence-electron chi connectivity index (χ2n) is 1.60. The van der Waals surface area contributed by atoms with Crippen LogP contribution in [0.4, 0.5) is 0 Å². The summed E-state index contributed by atoms with van der Waals surface area (Å²) in [5.74, 6) is 0. The Morgan fingerprint density at radius 3 is 3.00 bits per heavy atom. The molecule has 0 N–H and O–H groups in total. The van der Waals surface area contributed by atoms with Crippen molar-refractivity contribution in [2.75, 3.05) is 0 Å². The van der Waals surface area contributed by atoms with Gasteiger partial charge in [0, 0.05) is 0 Å². The van der Waals surface area contributed by atoms with E-state index in [-0.39, 0.29) is 5.15 Å². The molecule has 0 spiro atoms. The number of halogens is 1. The predicted molar refractivity (Wildman–Crippen MR) is 32.4 cm³/mol. The molecule has 0 aliphatic rings. The second-order valence-corrected chi connectivity index (χ2v) is 1.99. The molecular formula is C4HClN4O. The highest BCUT2D eigenvalue weighted by atomic mass is 35.5. The molecule has 0 amide bonds. The Balaban J connectivity index is 2.86. The van der Waals surface area contributed by atoms with Crippen LogP contribution in [0.15, 0.2) is 10.8 Å². The molecule has 0 bridgehead atoms. The largest absolute Gasteiger partial charge is 0.244 e. The summed E-state index contributed by atoms with van der Waals surface area (Å²) >= 11 is 5.49. The van der Waals surface area contributed by atoms with Gasteiger partial charge < -0.3 is 0 Å². The van der Waals surface area contributed by atoms with Crippen molar-refractivity contribution in [3.05, 3.63) is 11.3 Å². The van der Waals surface area contributed by atoms with Gasteiger partial charge in [0.1, 0.15) is 5.15 Å². The smallest absolute Gasteiger partial charge is 0.240 e. The molecule has 0 aliphatic carbocycles. The molecular weight excluding hydrogens is 156 g/mol. The van der Waals surface area contributed by atoms with Crippen LogP contribution in [0.1, 0.15) is 0 Å². The fraction of sp³-hybridized carbons (Fsp3) is 0. The summed E-state index contributed by atoms with van der Waals surface area (Å²) < 4.78 is 4.34. The summed E-state index contributed by atoms with van der Waals surface area (Å²) in [4.78, 5) is 7.55. The minimum absolute atomic E-state index is 0.281. The normalized spacial score (nSPS) is 10.5. The molecule has 2 heterocycles. The Labute approximate surface area is 60.0 Å². The van der Waals surface area contributed by atoms with Crippen molar-refractivity contribution in [2.45, 2.75) is 0 Å². The lowest BCUT2D eigenvalue weighted by molar-refractivity contribution is 0.314. The summed E-state index contributed by atoms with van der Waals surface area (Å²) in [6, 6.07) is 0. The van der Waals surface area contributed by atoms with Crippen LogP contribution in [0.5, 0.6) is 0 Å². The van der Waals surface area contributed by atoms with Gasteiger partial charge in [0.15, 0.2) is 0 Å². The first-order chi connectivity index (χ1) is 4.86. The highest BCUT2D eigenvalue weighted by molar-refractivity contribution is 6.29. The number of hydrogen-bond donors (Lipinski definition) is 0. The lowest BCUT2D eigenvalue weighted by atomic mass is 10.7. The van der Waals surface area contributed by atoms with Crippen molar-refractivity contribution in [2.24, 2.45) is 0 Å². The average molecular weight is 157 g/mol. The fourth-order valence-corrected chi connectivity index (χ4v) is 0.704. The summed E-state index contributed by atoms with van der Waals surface area (Å²) in [7, 11) is 0. The lowest BCUT2D eigenvalue weighted by Gasteiger charge is -1.82. The first kappa shape index (κ1) is 5.55. The van der Waals surface area contributed by atoms with E-state index < -0.39 is 0 Å². The number of nitrogens with zero attached hydrogens (tertiary/aromatic N) is 4. The van der Waals surface area contributed by atoms with Crippen LogP contribution >= 0.6 is 11.6 Å². The Kier molecular flexibility index (Phi) is 1.04. The fourth-order valence-electron chi connectivity index (χ4n) is 0.576. The first-order valence-corrected chi connectivity index (χ1v) is 2.85. The third-order valence-electron chi connectivity index (χ3n) is 0.961. The van der Waals surface area contributed by atoms with Gasteiger partial charge in [-0.3, -0.25) is 0 Å². The molecule has 0 aromatic carbocycles. The Morgan fingerprint density at radius 2 is 2.10 bits per heavy atom. The topological polar surface area (TPSA) is 64.7 Å². The molecule has 50 valence electrons. The molecule has 5 nitrogen and oxygen atoms in total. The van der Waals surface area contributed by atoms with Gasteiger partial charge in [0.25, 0.3) is 0 Å². The van der Waals surface area contributed by atoms with E-state index in [9.17, 15) is 0 Å². The number of rotatable bonds is 0. The minimum Gasteiger partial charge on any atom is -0.240 e. The maximum atomic E-state index is 5.49. The van der Waals surface area contributed by atoms with Gasteiger partial charge in [0.05, 0.1) is 6.20 Å². The zero-order chi connectivity index (χ0) is 6.97. The number of hydrogen-bond acceptors (Lipinski definition) is 5. The lowest BCUT2D eigenvalue weighted by Crippen LogP contribution is -1.80.